The van der Waals surface area contributed by atoms with Gasteiger partial charge in [0, 0.05) is 54.4 Å². The number of nitrogens with zero attached hydrogens (tertiary/aromatic N) is 2. The number of rotatable bonds is 9. The minimum atomic E-state index is -0.308. The minimum absolute atomic E-state index is 0.142. The van der Waals surface area contributed by atoms with Gasteiger partial charge in [-0.1, -0.05) is 13.0 Å². The Morgan fingerprint density at radius 3 is 2.45 bits per heavy atom. The highest BCUT2D eigenvalue weighted by Gasteiger charge is 2.10. The number of imidazole rings is 1. The zero-order valence-corrected chi connectivity index (χ0v) is 17.3. The number of amides is 3. The van der Waals surface area contributed by atoms with Gasteiger partial charge < -0.3 is 20.5 Å². The first-order valence-corrected chi connectivity index (χ1v) is 10.1. The van der Waals surface area contributed by atoms with Crippen molar-refractivity contribution in [2.75, 3.05) is 17.2 Å². The standard InChI is InChI=1S/C23H25N5O3/c1-2-11-25-22(30)17-6-8-19(9-7-17)27-23(31)18-4-3-5-20(15-18)26-21(29)10-13-28-14-12-24-16-28/h3-9,12,14-16H,2,10-11,13H2,1H3,(H,25,30)(H,26,29)(H,27,31). The smallest absolute Gasteiger partial charge is 0.255 e. The van der Waals surface area contributed by atoms with Gasteiger partial charge in [-0.25, -0.2) is 4.98 Å². The van der Waals surface area contributed by atoms with Crippen LogP contribution < -0.4 is 16.0 Å². The van der Waals surface area contributed by atoms with Crippen molar-refractivity contribution in [3.05, 3.63) is 78.4 Å². The molecule has 0 aliphatic carbocycles. The predicted molar refractivity (Wildman–Crippen MR) is 119 cm³/mol. The predicted octanol–water partition coefficient (Wildman–Crippen LogP) is 3.30. The fourth-order valence-corrected chi connectivity index (χ4v) is 2.86. The van der Waals surface area contributed by atoms with Crippen LogP contribution in [-0.2, 0) is 11.3 Å². The van der Waals surface area contributed by atoms with Gasteiger partial charge in [-0.3, -0.25) is 14.4 Å². The number of anilines is 2. The molecule has 8 nitrogen and oxygen atoms in total. The Balaban J connectivity index is 1.55. The Hall–Kier alpha value is -3.94. The van der Waals surface area contributed by atoms with Gasteiger partial charge in [-0.05, 0) is 48.9 Å². The van der Waals surface area contributed by atoms with Gasteiger partial charge in [0.2, 0.25) is 5.91 Å². The van der Waals surface area contributed by atoms with Crippen molar-refractivity contribution in [3.63, 3.8) is 0 Å². The van der Waals surface area contributed by atoms with Crippen molar-refractivity contribution in [3.8, 4) is 0 Å². The molecule has 0 aliphatic heterocycles. The van der Waals surface area contributed by atoms with E-state index in [9.17, 15) is 14.4 Å². The van der Waals surface area contributed by atoms with Crippen LogP contribution in [0.5, 0.6) is 0 Å². The highest BCUT2D eigenvalue weighted by atomic mass is 16.2. The molecule has 0 aliphatic rings. The van der Waals surface area contributed by atoms with Crippen LogP contribution in [0.3, 0.4) is 0 Å². The average Bonchev–Trinajstić information content (AvgIpc) is 3.30. The van der Waals surface area contributed by atoms with Crippen molar-refractivity contribution >= 4 is 29.1 Å². The topological polar surface area (TPSA) is 105 Å². The van der Waals surface area contributed by atoms with E-state index in [0.717, 1.165) is 6.42 Å². The number of carbonyl (C=O) groups excluding carboxylic acids is 3. The summed E-state index contributed by atoms with van der Waals surface area (Å²) < 4.78 is 1.82. The lowest BCUT2D eigenvalue weighted by molar-refractivity contribution is -0.116. The maximum absolute atomic E-state index is 12.6. The van der Waals surface area contributed by atoms with E-state index in [0.29, 0.717) is 42.0 Å². The van der Waals surface area contributed by atoms with Gasteiger partial charge in [-0.2, -0.15) is 0 Å². The lowest BCUT2D eigenvalue weighted by Gasteiger charge is -2.09. The molecule has 8 heteroatoms. The van der Waals surface area contributed by atoms with Crippen LogP contribution in [0.1, 0.15) is 40.5 Å². The van der Waals surface area contributed by atoms with Crippen LogP contribution in [0, 0.1) is 0 Å². The number of nitrogens with one attached hydrogen (secondary N) is 3. The Labute approximate surface area is 180 Å². The molecule has 0 unspecified atom stereocenters. The van der Waals surface area contributed by atoms with Crippen molar-refractivity contribution in [1.29, 1.82) is 0 Å². The van der Waals surface area contributed by atoms with Crippen LogP contribution in [0.4, 0.5) is 11.4 Å². The van der Waals surface area contributed by atoms with Crippen LogP contribution >= 0.6 is 0 Å². The van der Waals surface area contributed by atoms with Crippen molar-refractivity contribution in [2.24, 2.45) is 0 Å². The average molecular weight is 419 g/mol. The largest absolute Gasteiger partial charge is 0.352 e. The zero-order chi connectivity index (χ0) is 22.1. The first-order valence-electron chi connectivity index (χ1n) is 10.1. The van der Waals surface area contributed by atoms with Gasteiger partial charge in [0.1, 0.15) is 0 Å². The zero-order valence-electron chi connectivity index (χ0n) is 17.3. The molecule has 3 N–H and O–H groups in total. The molecule has 3 amide bonds. The van der Waals surface area contributed by atoms with Crippen molar-refractivity contribution < 1.29 is 14.4 Å². The number of hydrogen-bond donors (Lipinski definition) is 3. The van der Waals surface area contributed by atoms with E-state index in [1.807, 2.05) is 11.5 Å². The second-order valence-electron chi connectivity index (χ2n) is 6.97. The van der Waals surface area contributed by atoms with Crippen LogP contribution in [-0.4, -0.2) is 33.8 Å². The van der Waals surface area contributed by atoms with Gasteiger partial charge in [0.25, 0.3) is 11.8 Å². The third kappa shape index (κ3) is 6.53. The third-order valence-corrected chi connectivity index (χ3v) is 4.51. The summed E-state index contributed by atoms with van der Waals surface area (Å²) in [5.74, 6) is -0.600. The third-order valence-electron chi connectivity index (χ3n) is 4.51. The first kappa shape index (κ1) is 21.8. The molecule has 3 aromatic rings. The summed E-state index contributed by atoms with van der Waals surface area (Å²) in [4.78, 5) is 40.6. The second kappa shape index (κ2) is 10.7. The van der Waals surface area contributed by atoms with Crippen LogP contribution in [0.2, 0.25) is 0 Å². The number of benzene rings is 2. The van der Waals surface area contributed by atoms with Gasteiger partial charge in [0.15, 0.2) is 0 Å². The Kier molecular flexibility index (Phi) is 7.53. The minimum Gasteiger partial charge on any atom is -0.352 e. The van der Waals surface area contributed by atoms with Gasteiger partial charge in [0.05, 0.1) is 6.33 Å². The summed E-state index contributed by atoms with van der Waals surface area (Å²) >= 11 is 0. The van der Waals surface area contributed by atoms with Gasteiger partial charge >= 0.3 is 0 Å². The molecule has 1 aromatic heterocycles. The summed E-state index contributed by atoms with van der Waals surface area (Å²) in [7, 11) is 0. The molecule has 0 saturated carbocycles. The van der Waals surface area contributed by atoms with Crippen molar-refractivity contribution in [2.45, 2.75) is 26.3 Å². The number of hydrogen-bond acceptors (Lipinski definition) is 4. The van der Waals surface area contributed by atoms with Crippen LogP contribution in [0.25, 0.3) is 0 Å². The van der Waals surface area contributed by atoms with E-state index in [-0.39, 0.29) is 17.7 Å². The maximum atomic E-state index is 12.6. The number of carbonyl (C=O) groups is 3. The molecule has 160 valence electrons. The Bertz CT molecular complexity index is 1030. The lowest BCUT2D eigenvalue weighted by atomic mass is 10.1. The number of aromatic nitrogens is 2. The molecular weight excluding hydrogens is 394 g/mol. The van der Waals surface area contributed by atoms with Crippen molar-refractivity contribution in [1.82, 2.24) is 14.9 Å². The summed E-state index contributed by atoms with van der Waals surface area (Å²) in [6, 6.07) is 13.4. The summed E-state index contributed by atoms with van der Waals surface area (Å²) in [6.45, 7) is 3.13. The van der Waals surface area contributed by atoms with Gasteiger partial charge in [-0.15, -0.1) is 0 Å². The molecule has 2 aromatic carbocycles. The van der Waals surface area contributed by atoms with E-state index in [1.54, 1.807) is 67.3 Å². The highest BCUT2D eigenvalue weighted by molar-refractivity contribution is 6.05. The fraction of sp³-hybridized carbons (Fsp3) is 0.217. The maximum Gasteiger partial charge on any atom is 0.255 e. The molecule has 3 rings (SSSR count). The van der Waals surface area contributed by atoms with E-state index >= 15 is 0 Å². The number of aryl methyl sites for hydroxylation is 1. The summed E-state index contributed by atoms with van der Waals surface area (Å²) in [5, 5.41) is 8.41. The molecule has 0 saturated heterocycles. The van der Waals surface area contributed by atoms with E-state index in [4.69, 9.17) is 0 Å². The summed E-state index contributed by atoms with van der Waals surface area (Å²) in [5.41, 5.74) is 2.07. The Morgan fingerprint density at radius 2 is 1.74 bits per heavy atom. The quantitative estimate of drug-likeness (QED) is 0.495. The van der Waals surface area contributed by atoms with E-state index in [2.05, 4.69) is 20.9 Å². The van der Waals surface area contributed by atoms with E-state index in [1.165, 1.54) is 0 Å². The lowest BCUT2D eigenvalue weighted by Crippen LogP contribution is -2.23. The molecular formula is C23H25N5O3. The molecule has 0 atom stereocenters. The second-order valence-corrected chi connectivity index (χ2v) is 6.97. The molecule has 0 fully saturated rings. The SMILES string of the molecule is CCCNC(=O)c1ccc(NC(=O)c2cccc(NC(=O)CCn3ccnc3)c2)cc1. The molecule has 0 bridgehead atoms. The highest BCUT2D eigenvalue weighted by Crippen LogP contribution is 2.15. The Morgan fingerprint density at radius 1 is 0.935 bits per heavy atom. The monoisotopic (exact) mass is 419 g/mol. The molecule has 0 spiro atoms. The normalized spacial score (nSPS) is 10.4. The molecule has 1 heterocycles. The first-order chi connectivity index (χ1) is 15.0. The molecule has 31 heavy (non-hydrogen) atoms. The molecule has 0 radical (unpaired) electrons. The summed E-state index contributed by atoms with van der Waals surface area (Å²) in [6.07, 6.45) is 6.27. The fourth-order valence-electron chi connectivity index (χ4n) is 2.86. The van der Waals surface area contributed by atoms with E-state index < -0.39 is 0 Å². The van der Waals surface area contributed by atoms with Crippen LogP contribution in [0.15, 0.2) is 67.3 Å².